The van der Waals surface area contributed by atoms with Gasteiger partial charge in [0.05, 0.1) is 5.02 Å². The van der Waals surface area contributed by atoms with Gasteiger partial charge in [-0.05, 0) is 37.0 Å². The van der Waals surface area contributed by atoms with Crippen LogP contribution in [0.25, 0.3) is 0 Å². The summed E-state index contributed by atoms with van der Waals surface area (Å²) in [7, 11) is -2.03. The van der Waals surface area contributed by atoms with E-state index in [1.54, 1.807) is 19.2 Å². The van der Waals surface area contributed by atoms with Crippen LogP contribution < -0.4 is 5.73 Å². The molecule has 0 spiro atoms. The van der Waals surface area contributed by atoms with Crippen LogP contribution in [0, 0.1) is 5.92 Å². The van der Waals surface area contributed by atoms with Gasteiger partial charge in [0, 0.05) is 24.1 Å². The zero-order chi connectivity index (χ0) is 14.2. The number of likely N-dealkylation sites (N-methyl/N-ethyl adjacent to an activating group) is 1. The maximum Gasteiger partial charge on any atom is 0.244 e. The van der Waals surface area contributed by atoms with Crippen LogP contribution in [0.3, 0.4) is 0 Å². The number of benzene rings is 1. The third-order valence-corrected chi connectivity index (χ3v) is 6.28. The predicted octanol–water partition coefficient (Wildman–Crippen LogP) is 2.46. The predicted molar refractivity (Wildman–Crippen MR) is 79.7 cm³/mol. The normalized spacial score (nSPS) is 17.7. The van der Waals surface area contributed by atoms with Crippen LogP contribution in [-0.2, 0) is 10.0 Å². The summed E-state index contributed by atoms with van der Waals surface area (Å²) in [6.45, 7) is 0.328. The molecular weight excluding hydrogens is 352 g/mol. The van der Waals surface area contributed by atoms with E-state index in [1.165, 1.54) is 10.4 Å². The summed E-state index contributed by atoms with van der Waals surface area (Å²) < 4.78 is 27.2. The van der Waals surface area contributed by atoms with Crippen LogP contribution >= 0.6 is 27.5 Å². The number of nitrogens with zero attached hydrogens (tertiary/aromatic N) is 1. The van der Waals surface area contributed by atoms with E-state index in [0.29, 0.717) is 12.5 Å². The molecule has 2 rings (SSSR count). The molecule has 0 bridgehead atoms. The number of halogens is 2. The molecule has 0 heterocycles. The average molecular weight is 368 g/mol. The van der Waals surface area contributed by atoms with Gasteiger partial charge in [-0.25, -0.2) is 8.42 Å². The second-order valence-corrected chi connectivity index (χ2v) is 8.03. The number of rotatable bonds is 5. The molecule has 106 valence electrons. The van der Waals surface area contributed by atoms with Crippen molar-refractivity contribution in [3.8, 4) is 0 Å². The highest BCUT2D eigenvalue weighted by Gasteiger charge is 2.38. The summed E-state index contributed by atoms with van der Waals surface area (Å²) in [4.78, 5) is 0.124. The van der Waals surface area contributed by atoms with Crippen molar-refractivity contribution >= 4 is 37.6 Å². The topological polar surface area (TPSA) is 63.4 Å². The van der Waals surface area contributed by atoms with Crippen molar-refractivity contribution in [2.75, 3.05) is 13.6 Å². The van der Waals surface area contributed by atoms with E-state index >= 15 is 0 Å². The minimum absolute atomic E-state index is 0.124. The standard InChI is InChI=1S/C12H16BrClN2O2S/c1-16(11(7-15)8-2-3-8)19(17,18)12-5-4-9(13)6-10(12)14/h4-6,8,11H,2-3,7,15H2,1H3. The van der Waals surface area contributed by atoms with Crippen molar-refractivity contribution < 1.29 is 8.42 Å². The Hall–Kier alpha value is -0.140. The van der Waals surface area contributed by atoms with Gasteiger partial charge in [-0.3, -0.25) is 0 Å². The van der Waals surface area contributed by atoms with E-state index < -0.39 is 10.0 Å². The minimum Gasteiger partial charge on any atom is -0.329 e. The Kier molecular flexibility index (Phi) is 4.57. The molecular formula is C12H16BrClN2O2S. The first kappa shape index (κ1) is 15.3. The van der Waals surface area contributed by atoms with Crippen molar-refractivity contribution in [2.45, 2.75) is 23.8 Å². The molecule has 0 radical (unpaired) electrons. The highest BCUT2D eigenvalue weighted by Crippen LogP contribution is 2.37. The van der Waals surface area contributed by atoms with Crippen LogP contribution in [0.5, 0.6) is 0 Å². The van der Waals surface area contributed by atoms with Crippen LogP contribution in [0.1, 0.15) is 12.8 Å². The fourth-order valence-corrected chi connectivity index (χ4v) is 4.57. The first-order chi connectivity index (χ1) is 8.87. The van der Waals surface area contributed by atoms with Crippen LogP contribution in [-0.4, -0.2) is 32.4 Å². The Labute approximate surface area is 127 Å². The Morgan fingerprint density at radius 3 is 2.63 bits per heavy atom. The van der Waals surface area contributed by atoms with Gasteiger partial charge in [-0.2, -0.15) is 4.31 Å². The van der Waals surface area contributed by atoms with E-state index in [-0.39, 0.29) is 16.0 Å². The maximum atomic E-state index is 12.6. The molecule has 0 saturated heterocycles. The van der Waals surface area contributed by atoms with Gasteiger partial charge >= 0.3 is 0 Å². The average Bonchev–Trinajstić information content (AvgIpc) is 3.13. The Morgan fingerprint density at radius 2 is 2.16 bits per heavy atom. The van der Waals surface area contributed by atoms with Crippen LogP contribution in [0.15, 0.2) is 27.6 Å². The Balaban J connectivity index is 2.35. The molecule has 1 aliphatic rings. The quantitative estimate of drug-likeness (QED) is 0.869. The highest BCUT2D eigenvalue weighted by atomic mass is 79.9. The molecule has 1 atom stereocenters. The molecule has 1 saturated carbocycles. The number of hydrogen-bond donors (Lipinski definition) is 1. The van der Waals surface area contributed by atoms with E-state index in [2.05, 4.69) is 15.9 Å². The largest absolute Gasteiger partial charge is 0.329 e. The molecule has 19 heavy (non-hydrogen) atoms. The zero-order valence-corrected chi connectivity index (χ0v) is 13.7. The Morgan fingerprint density at radius 1 is 1.53 bits per heavy atom. The fourth-order valence-electron chi connectivity index (χ4n) is 2.14. The maximum absolute atomic E-state index is 12.6. The molecule has 0 aromatic heterocycles. The molecule has 1 fully saturated rings. The SMILES string of the molecule is CN(C(CN)C1CC1)S(=O)(=O)c1ccc(Br)cc1Cl. The first-order valence-electron chi connectivity index (χ1n) is 6.01. The van der Waals surface area contributed by atoms with E-state index in [0.717, 1.165) is 17.3 Å². The molecule has 4 nitrogen and oxygen atoms in total. The van der Waals surface area contributed by atoms with Gasteiger partial charge in [-0.15, -0.1) is 0 Å². The monoisotopic (exact) mass is 366 g/mol. The second kappa shape index (κ2) is 5.69. The molecule has 1 aromatic rings. The zero-order valence-electron chi connectivity index (χ0n) is 10.5. The van der Waals surface area contributed by atoms with Gasteiger partial charge < -0.3 is 5.73 Å². The third kappa shape index (κ3) is 3.13. The lowest BCUT2D eigenvalue weighted by molar-refractivity contribution is 0.340. The van der Waals surface area contributed by atoms with Crippen molar-refractivity contribution in [1.29, 1.82) is 0 Å². The molecule has 0 aliphatic heterocycles. The summed E-state index contributed by atoms with van der Waals surface area (Å²) >= 11 is 9.30. The number of sulfonamides is 1. The highest BCUT2D eigenvalue weighted by molar-refractivity contribution is 9.10. The van der Waals surface area contributed by atoms with Gasteiger partial charge in [0.2, 0.25) is 10.0 Å². The third-order valence-electron chi connectivity index (χ3n) is 3.43. The smallest absolute Gasteiger partial charge is 0.244 e. The summed E-state index contributed by atoms with van der Waals surface area (Å²) in [5.74, 6) is 0.374. The molecule has 1 aromatic carbocycles. The number of hydrogen-bond acceptors (Lipinski definition) is 3. The molecule has 1 aliphatic carbocycles. The molecule has 7 heteroatoms. The second-order valence-electron chi connectivity index (χ2n) is 4.74. The molecule has 0 amide bonds. The van der Waals surface area contributed by atoms with Gasteiger partial charge in [0.1, 0.15) is 4.90 Å². The molecule has 1 unspecified atom stereocenters. The van der Waals surface area contributed by atoms with Crippen molar-refractivity contribution in [1.82, 2.24) is 4.31 Å². The minimum atomic E-state index is -3.60. The summed E-state index contributed by atoms with van der Waals surface area (Å²) in [6.07, 6.45) is 2.07. The summed E-state index contributed by atoms with van der Waals surface area (Å²) in [5, 5.41) is 0.216. The van der Waals surface area contributed by atoms with Crippen molar-refractivity contribution in [3.05, 3.63) is 27.7 Å². The van der Waals surface area contributed by atoms with Crippen molar-refractivity contribution in [3.63, 3.8) is 0 Å². The lowest BCUT2D eigenvalue weighted by Gasteiger charge is -2.26. The lowest BCUT2D eigenvalue weighted by Crippen LogP contribution is -2.43. The first-order valence-corrected chi connectivity index (χ1v) is 8.62. The van der Waals surface area contributed by atoms with Gasteiger partial charge in [-0.1, -0.05) is 27.5 Å². The van der Waals surface area contributed by atoms with Crippen molar-refractivity contribution in [2.24, 2.45) is 11.7 Å². The molecule has 2 N–H and O–H groups in total. The van der Waals surface area contributed by atoms with E-state index in [4.69, 9.17) is 17.3 Å². The van der Waals surface area contributed by atoms with E-state index in [9.17, 15) is 8.42 Å². The Bertz CT molecular complexity index is 575. The lowest BCUT2D eigenvalue weighted by atomic mass is 10.2. The summed E-state index contributed by atoms with van der Waals surface area (Å²) in [5.41, 5.74) is 5.70. The van der Waals surface area contributed by atoms with Gasteiger partial charge in [0.15, 0.2) is 0 Å². The van der Waals surface area contributed by atoms with Crippen LogP contribution in [0.2, 0.25) is 5.02 Å². The summed E-state index contributed by atoms with van der Waals surface area (Å²) in [6, 6.07) is 4.61. The fraction of sp³-hybridized carbons (Fsp3) is 0.500. The van der Waals surface area contributed by atoms with E-state index in [1.807, 2.05) is 0 Å². The van der Waals surface area contributed by atoms with Gasteiger partial charge in [0.25, 0.3) is 0 Å². The number of nitrogens with two attached hydrogens (primary N) is 1. The van der Waals surface area contributed by atoms with Crippen LogP contribution in [0.4, 0.5) is 0 Å².